The highest BCUT2D eigenvalue weighted by Gasteiger charge is 2.01. The number of anilines is 1. The maximum Gasteiger partial charge on any atom is 0.0560 e. The predicted octanol–water partition coefficient (Wildman–Crippen LogP) is 3.10. The van der Waals surface area contributed by atoms with Crippen LogP contribution in [-0.2, 0) is 4.74 Å². The first-order valence-corrected chi connectivity index (χ1v) is 6.30. The Bertz CT molecular complexity index is 302. The second-order valence-corrected chi connectivity index (χ2v) is 4.57. The van der Waals surface area contributed by atoms with Gasteiger partial charge in [-0.2, -0.15) is 0 Å². The van der Waals surface area contributed by atoms with Crippen LogP contribution in [0.15, 0.2) is 23.1 Å². The topological polar surface area (TPSA) is 35.2 Å². The van der Waals surface area contributed by atoms with Crippen molar-refractivity contribution >= 4 is 17.4 Å². The zero-order valence-corrected chi connectivity index (χ0v) is 10.3. The highest BCUT2D eigenvalue weighted by molar-refractivity contribution is 7.99. The highest BCUT2D eigenvalue weighted by Crippen LogP contribution is 2.25. The molecule has 1 aromatic rings. The first-order chi connectivity index (χ1) is 7.25. The summed E-state index contributed by atoms with van der Waals surface area (Å²) in [6, 6.07) is 6.04. The molecule has 1 rings (SSSR count). The molecular formula is C12H19NOS. The average molecular weight is 225 g/mol. The molecule has 1 aromatic carbocycles. The Morgan fingerprint density at radius 2 is 2.13 bits per heavy atom. The van der Waals surface area contributed by atoms with Crippen molar-refractivity contribution in [1.82, 2.24) is 0 Å². The van der Waals surface area contributed by atoms with Crippen molar-refractivity contribution in [3.63, 3.8) is 0 Å². The molecule has 0 bridgehead atoms. The van der Waals surface area contributed by atoms with Crippen LogP contribution in [0.25, 0.3) is 0 Å². The van der Waals surface area contributed by atoms with Gasteiger partial charge in [0.25, 0.3) is 0 Å². The van der Waals surface area contributed by atoms with Crippen molar-refractivity contribution in [2.75, 3.05) is 24.7 Å². The van der Waals surface area contributed by atoms with Crippen LogP contribution >= 0.6 is 11.8 Å². The van der Waals surface area contributed by atoms with Crippen molar-refractivity contribution < 1.29 is 4.74 Å². The van der Waals surface area contributed by atoms with Crippen molar-refractivity contribution in [3.05, 3.63) is 23.8 Å². The monoisotopic (exact) mass is 225 g/mol. The van der Waals surface area contributed by atoms with E-state index in [0.29, 0.717) is 0 Å². The summed E-state index contributed by atoms with van der Waals surface area (Å²) in [6.07, 6.45) is 1.09. The molecule has 2 nitrogen and oxygen atoms in total. The van der Waals surface area contributed by atoms with E-state index < -0.39 is 0 Å². The molecule has 0 aliphatic rings. The quantitative estimate of drug-likeness (QED) is 0.459. The van der Waals surface area contributed by atoms with E-state index in [9.17, 15) is 0 Å². The normalized spacial score (nSPS) is 10.5. The number of rotatable bonds is 6. The molecule has 2 N–H and O–H groups in total. The molecule has 0 saturated heterocycles. The van der Waals surface area contributed by atoms with Crippen molar-refractivity contribution in [2.45, 2.75) is 25.2 Å². The summed E-state index contributed by atoms with van der Waals surface area (Å²) >= 11 is 1.81. The highest BCUT2D eigenvalue weighted by atomic mass is 32.2. The Hall–Kier alpha value is -0.670. The Morgan fingerprint density at radius 3 is 2.87 bits per heavy atom. The van der Waals surface area contributed by atoms with E-state index in [-0.39, 0.29) is 0 Å². The number of ether oxygens (including phenoxy) is 1. The Morgan fingerprint density at radius 1 is 1.33 bits per heavy atom. The maximum absolute atomic E-state index is 5.83. The van der Waals surface area contributed by atoms with E-state index in [1.807, 2.05) is 12.1 Å². The fraction of sp³-hybridized carbons (Fsp3) is 0.500. The summed E-state index contributed by atoms with van der Waals surface area (Å²) in [5.74, 6) is 0.990. The molecule has 15 heavy (non-hydrogen) atoms. The second-order valence-electron chi connectivity index (χ2n) is 3.43. The summed E-state index contributed by atoms with van der Waals surface area (Å²) in [5.41, 5.74) is 7.88. The molecule has 0 amide bonds. The molecule has 0 aromatic heterocycles. The fourth-order valence-electron chi connectivity index (χ4n) is 1.24. The molecule has 0 aliphatic heterocycles. The van der Waals surface area contributed by atoms with E-state index in [2.05, 4.69) is 19.9 Å². The number of thioether (sulfide) groups is 1. The first-order valence-electron chi connectivity index (χ1n) is 5.31. The molecule has 84 valence electrons. The third-order valence-electron chi connectivity index (χ3n) is 2.16. The largest absolute Gasteiger partial charge is 0.398 e. The SMILES string of the molecule is CCCOCCSc1cccc(N)c1C. The molecule has 0 fully saturated rings. The van der Waals surface area contributed by atoms with Crippen LogP contribution in [0, 0.1) is 6.92 Å². The smallest absolute Gasteiger partial charge is 0.0560 e. The van der Waals surface area contributed by atoms with Crippen LogP contribution in [0.4, 0.5) is 5.69 Å². The van der Waals surface area contributed by atoms with E-state index in [1.165, 1.54) is 10.5 Å². The minimum Gasteiger partial charge on any atom is -0.398 e. The van der Waals surface area contributed by atoms with Gasteiger partial charge in [0, 0.05) is 22.9 Å². The molecular weight excluding hydrogens is 206 g/mol. The summed E-state index contributed by atoms with van der Waals surface area (Å²) in [4.78, 5) is 1.26. The van der Waals surface area contributed by atoms with E-state index in [1.54, 1.807) is 11.8 Å². The molecule has 0 unspecified atom stereocenters. The van der Waals surface area contributed by atoms with Gasteiger partial charge in [0.2, 0.25) is 0 Å². The van der Waals surface area contributed by atoms with E-state index in [0.717, 1.165) is 31.1 Å². The zero-order chi connectivity index (χ0) is 11.1. The fourth-order valence-corrected chi connectivity index (χ4v) is 2.17. The Balaban J connectivity index is 2.34. The molecule has 0 radical (unpaired) electrons. The van der Waals surface area contributed by atoms with Crippen LogP contribution < -0.4 is 5.73 Å². The lowest BCUT2D eigenvalue weighted by molar-refractivity contribution is 0.151. The van der Waals surface area contributed by atoms with Crippen LogP contribution in [-0.4, -0.2) is 19.0 Å². The van der Waals surface area contributed by atoms with Crippen LogP contribution in [0.3, 0.4) is 0 Å². The third-order valence-corrected chi connectivity index (χ3v) is 3.28. The molecule has 0 spiro atoms. The van der Waals surface area contributed by atoms with Gasteiger partial charge >= 0.3 is 0 Å². The van der Waals surface area contributed by atoms with Gasteiger partial charge in [0.1, 0.15) is 0 Å². The van der Waals surface area contributed by atoms with Gasteiger partial charge < -0.3 is 10.5 Å². The van der Waals surface area contributed by atoms with Crippen LogP contribution in [0.1, 0.15) is 18.9 Å². The van der Waals surface area contributed by atoms with Gasteiger partial charge in [-0.05, 0) is 31.0 Å². The van der Waals surface area contributed by atoms with Crippen molar-refractivity contribution in [1.29, 1.82) is 0 Å². The first kappa shape index (κ1) is 12.4. The van der Waals surface area contributed by atoms with Crippen molar-refractivity contribution in [3.8, 4) is 0 Å². The average Bonchev–Trinajstić information content (AvgIpc) is 2.24. The van der Waals surface area contributed by atoms with Gasteiger partial charge in [0.15, 0.2) is 0 Å². The minimum atomic E-state index is 0.812. The van der Waals surface area contributed by atoms with Gasteiger partial charge in [-0.3, -0.25) is 0 Å². The van der Waals surface area contributed by atoms with Gasteiger partial charge in [-0.15, -0.1) is 11.8 Å². The second kappa shape index (κ2) is 6.75. The van der Waals surface area contributed by atoms with Gasteiger partial charge in [-0.25, -0.2) is 0 Å². The lowest BCUT2D eigenvalue weighted by Gasteiger charge is -2.07. The maximum atomic E-state index is 5.83. The molecule has 0 heterocycles. The molecule has 0 aliphatic carbocycles. The number of hydrogen-bond acceptors (Lipinski definition) is 3. The van der Waals surface area contributed by atoms with Gasteiger partial charge in [0.05, 0.1) is 6.61 Å². The van der Waals surface area contributed by atoms with E-state index >= 15 is 0 Å². The number of nitrogen functional groups attached to an aromatic ring is 1. The van der Waals surface area contributed by atoms with Gasteiger partial charge in [-0.1, -0.05) is 13.0 Å². The number of nitrogens with two attached hydrogens (primary N) is 1. The predicted molar refractivity (Wildman–Crippen MR) is 67.4 cm³/mol. The molecule has 0 atom stereocenters. The van der Waals surface area contributed by atoms with E-state index in [4.69, 9.17) is 10.5 Å². The number of hydrogen-bond donors (Lipinski definition) is 1. The summed E-state index contributed by atoms with van der Waals surface area (Å²) in [6.45, 7) is 5.85. The summed E-state index contributed by atoms with van der Waals surface area (Å²) in [7, 11) is 0. The Labute approximate surface area is 96.2 Å². The number of benzene rings is 1. The lowest BCUT2D eigenvalue weighted by atomic mass is 10.2. The van der Waals surface area contributed by atoms with Crippen molar-refractivity contribution in [2.24, 2.45) is 0 Å². The molecule has 3 heteroatoms. The lowest BCUT2D eigenvalue weighted by Crippen LogP contribution is -1.98. The van der Waals surface area contributed by atoms with Crippen LogP contribution in [0.5, 0.6) is 0 Å². The minimum absolute atomic E-state index is 0.812. The van der Waals surface area contributed by atoms with Crippen LogP contribution in [0.2, 0.25) is 0 Å². The Kier molecular flexibility index (Phi) is 5.58. The zero-order valence-electron chi connectivity index (χ0n) is 9.45. The molecule has 0 saturated carbocycles. The summed E-state index contributed by atoms with van der Waals surface area (Å²) in [5, 5.41) is 0. The summed E-state index contributed by atoms with van der Waals surface area (Å²) < 4.78 is 5.42. The third kappa shape index (κ3) is 4.14. The standard InChI is InChI=1S/C12H19NOS/c1-3-7-14-8-9-15-12-6-4-5-11(13)10(12)2/h4-6H,3,7-9,13H2,1-2H3.